The zero-order chi connectivity index (χ0) is 20.9. The summed E-state index contributed by atoms with van der Waals surface area (Å²) in [5.41, 5.74) is 2.19. The SMILES string of the molecule is Cc1cc(NC(=O)C2CCN(C(=O)c3ccoc3)CC2)ccc1Oc1cccnc1. The predicted octanol–water partition coefficient (Wildman–Crippen LogP) is 4.27. The molecule has 0 atom stereocenters. The second-order valence-electron chi connectivity index (χ2n) is 7.34. The number of nitrogens with zero attached hydrogens (tertiary/aromatic N) is 2. The lowest BCUT2D eigenvalue weighted by Crippen LogP contribution is -2.41. The summed E-state index contributed by atoms with van der Waals surface area (Å²) in [5, 5.41) is 2.99. The number of rotatable bonds is 5. The number of piperidine rings is 1. The summed E-state index contributed by atoms with van der Waals surface area (Å²) in [6, 6.07) is 10.9. The molecule has 0 radical (unpaired) electrons. The molecule has 0 unspecified atom stereocenters. The number of hydrogen-bond acceptors (Lipinski definition) is 5. The van der Waals surface area contributed by atoms with E-state index in [2.05, 4.69) is 10.3 Å². The van der Waals surface area contributed by atoms with Crippen LogP contribution in [-0.4, -0.2) is 34.8 Å². The highest BCUT2D eigenvalue weighted by Crippen LogP contribution is 2.28. The third kappa shape index (κ3) is 4.51. The van der Waals surface area contributed by atoms with Crippen LogP contribution < -0.4 is 10.1 Å². The van der Waals surface area contributed by atoms with Gasteiger partial charge in [0.2, 0.25) is 5.91 Å². The average Bonchev–Trinajstić information content (AvgIpc) is 3.31. The van der Waals surface area contributed by atoms with Crippen molar-refractivity contribution in [1.82, 2.24) is 9.88 Å². The Bertz CT molecular complexity index is 1010. The Morgan fingerprint density at radius 1 is 1.20 bits per heavy atom. The zero-order valence-corrected chi connectivity index (χ0v) is 16.7. The number of aryl methyl sites for hydroxylation is 1. The molecule has 7 heteroatoms. The maximum absolute atomic E-state index is 12.7. The lowest BCUT2D eigenvalue weighted by atomic mass is 9.95. The number of carbonyl (C=O) groups is 2. The van der Waals surface area contributed by atoms with Crippen LogP contribution in [0.5, 0.6) is 11.5 Å². The van der Waals surface area contributed by atoms with E-state index in [-0.39, 0.29) is 17.7 Å². The minimum Gasteiger partial charge on any atom is -0.472 e. The minimum absolute atomic E-state index is 0.0225. The first-order chi connectivity index (χ1) is 14.6. The molecule has 3 aromatic rings. The van der Waals surface area contributed by atoms with Gasteiger partial charge in [-0.15, -0.1) is 0 Å². The topological polar surface area (TPSA) is 84.7 Å². The van der Waals surface area contributed by atoms with E-state index in [4.69, 9.17) is 9.15 Å². The largest absolute Gasteiger partial charge is 0.472 e. The molecule has 2 amide bonds. The molecule has 1 aliphatic heterocycles. The number of carbonyl (C=O) groups excluding carboxylic acids is 2. The Kier molecular flexibility index (Phi) is 5.79. The third-order valence-electron chi connectivity index (χ3n) is 5.23. The van der Waals surface area contributed by atoms with Crippen molar-refractivity contribution in [3.63, 3.8) is 0 Å². The number of likely N-dealkylation sites (tertiary alicyclic amines) is 1. The second-order valence-corrected chi connectivity index (χ2v) is 7.34. The highest BCUT2D eigenvalue weighted by atomic mass is 16.5. The van der Waals surface area contributed by atoms with E-state index >= 15 is 0 Å². The molecular weight excluding hydrogens is 382 g/mol. The van der Waals surface area contributed by atoms with E-state index in [0.29, 0.717) is 43.0 Å². The second kappa shape index (κ2) is 8.82. The van der Waals surface area contributed by atoms with Gasteiger partial charge in [-0.25, -0.2) is 0 Å². The van der Waals surface area contributed by atoms with Gasteiger partial charge >= 0.3 is 0 Å². The summed E-state index contributed by atoms with van der Waals surface area (Å²) in [5.74, 6) is 1.18. The van der Waals surface area contributed by atoms with Crippen LogP contribution in [0.2, 0.25) is 0 Å². The molecule has 1 saturated heterocycles. The Morgan fingerprint density at radius 3 is 2.70 bits per heavy atom. The first-order valence-corrected chi connectivity index (χ1v) is 9.91. The van der Waals surface area contributed by atoms with Crippen LogP contribution in [0.4, 0.5) is 5.69 Å². The number of anilines is 1. The van der Waals surface area contributed by atoms with Gasteiger partial charge in [-0.2, -0.15) is 0 Å². The third-order valence-corrected chi connectivity index (χ3v) is 5.23. The Labute approximate surface area is 174 Å². The average molecular weight is 405 g/mol. The maximum Gasteiger partial charge on any atom is 0.257 e. The standard InChI is InChI=1S/C23H23N3O4/c1-16-13-19(4-5-21(16)30-20-3-2-9-24-14-20)25-22(27)17-6-10-26(11-7-17)23(28)18-8-12-29-15-18/h2-5,8-9,12-15,17H,6-7,10-11H2,1H3,(H,25,27). The van der Waals surface area contributed by atoms with Crippen LogP contribution in [0.25, 0.3) is 0 Å². The molecule has 154 valence electrons. The number of ether oxygens (including phenoxy) is 1. The van der Waals surface area contributed by atoms with Gasteiger partial charge in [0.1, 0.15) is 17.8 Å². The molecule has 7 nitrogen and oxygen atoms in total. The van der Waals surface area contributed by atoms with E-state index in [1.807, 2.05) is 37.3 Å². The molecule has 0 saturated carbocycles. The molecule has 1 aromatic carbocycles. The molecule has 0 aliphatic carbocycles. The van der Waals surface area contributed by atoms with Crippen LogP contribution in [0.1, 0.15) is 28.8 Å². The summed E-state index contributed by atoms with van der Waals surface area (Å²) >= 11 is 0. The van der Waals surface area contributed by atoms with E-state index < -0.39 is 0 Å². The number of benzene rings is 1. The smallest absolute Gasteiger partial charge is 0.257 e. The molecule has 1 N–H and O–H groups in total. The van der Waals surface area contributed by atoms with Crippen molar-refractivity contribution >= 4 is 17.5 Å². The highest BCUT2D eigenvalue weighted by molar-refractivity contribution is 5.95. The Hall–Kier alpha value is -3.61. The fraction of sp³-hybridized carbons (Fsp3) is 0.261. The number of nitrogens with one attached hydrogen (secondary N) is 1. The molecule has 4 rings (SSSR count). The van der Waals surface area contributed by atoms with Crippen molar-refractivity contribution in [1.29, 1.82) is 0 Å². The van der Waals surface area contributed by atoms with Crippen molar-refractivity contribution in [2.75, 3.05) is 18.4 Å². The molecule has 1 aliphatic rings. The fourth-order valence-electron chi connectivity index (χ4n) is 3.53. The number of pyridine rings is 1. The van der Waals surface area contributed by atoms with Gasteiger partial charge in [0.05, 0.1) is 18.0 Å². The fourth-order valence-corrected chi connectivity index (χ4v) is 3.53. The Balaban J connectivity index is 1.32. The summed E-state index contributed by atoms with van der Waals surface area (Å²) < 4.78 is 10.8. The summed E-state index contributed by atoms with van der Waals surface area (Å²) in [7, 11) is 0. The zero-order valence-electron chi connectivity index (χ0n) is 16.7. The van der Waals surface area contributed by atoms with Crippen molar-refractivity contribution in [2.45, 2.75) is 19.8 Å². The van der Waals surface area contributed by atoms with Crippen LogP contribution in [0.3, 0.4) is 0 Å². The molecule has 30 heavy (non-hydrogen) atoms. The first kappa shape index (κ1) is 19.7. The number of hydrogen-bond donors (Lipinski definition) is 1. The van der Waals surface area contributed by atoms with Crippen molar-refractivity contribution < 1.29 is 18.7 Å². The molecule has 0 spiro atoms. The van der Waals surface area contributed by atoms with Crippen LogP contribution in [0, 0.1) is 12.8 Å². The maximum atomic E-state index is 12.7. The molecule has 1 fully saturated rings. The van der Waals surface area contributed by atoms with Gasteiger partial charge in [0.15, 0.2) is 0 Å². The van der Waals surface area contributed by atoms with Crippen molar-refractivity contribution in [3.05, 3.63) is 72.4 Å². The van der Waals surface area contributed by atoms with E-state index in [9.17, 15) is 9.59 Å². The number of amides is 2. The van der Waals surface area contributed by atoms with Crippen LogP contribution in [0.15, 0.2) is 65.7 Å². The highest BCUT2D eigenvalue weighted by Gasteiger charge is 2.28. The van der Waals surface area contributed by atoms with Gasteiger partial charge in [0.25, 0.3) is 5.91 Å². The summed E-state index contributed by atoms with van der Waals surface area (Å²) in [6.45, 7) is 3.04. The van der Waals surface area contributed by atoms with Gasteiger partial charge in [-0.1, -0.05) is 0 Å². The Morgan fingerprint density at radius 2 is 2.03 bits per heavy atom. The van der Waals surface area contributed by atoms with Crippen molar-refractivity contribution in [3.8, 4) is 11.5 Å². The van der Waals surface area contributed by atoms with Gasteiger partial charge in [-0.3, -0.25) is 14.6 Å². The van der Waals surface area contributed by atoms with Crippen molar-refractivity contribution in [2.24, 2.45) is 5.92 Å². The van der Waals surface area contributed by atoms with Gasteiger partial charge in [0, 0.05) is 30.9 Å². The quantitative estimate of drug-likeness (QED) is 0.685. The summed E-state index contributed by atoms with van der Waals surface area (Å²) in [6.07, 6.45) is 7.55. The number of furan rings is 1. The van der Waals surface area contributed by atoms with E-state index in [1.54, 1.807) is 23.4 Å². The van der Waals surface area contributed by atoms with Gasteiger partial charge in [-0.05, 0) is 61.7 Å². The van der Waals surface area contributed by atoms with Crippen LogP contribution >= 0.6 is 0 Å². The van der Waals surface area contributed by atoms with E-state index in [0.717, 1.165) is 11.3 Å². The molecule has 2 aromatic heterocycles. The molecule has 3 heterocycles. The monoisotopic (exact) mass is 405 g/mol. The lowest BCUT2D eigenvalue weighted by Gasteiger charge is -2.31. The van der Waals surface area contributed by atoms with Crippen LogP contribution in [-0.2, 0) is 4.79 Å². The number of aromatic nitrogens is 1. The van der Waals surface area contributed by atoms with E-state index in [1.165, 1.54) is 12.5 Å². The predicted molar refractivity (Wildman–Crippen MR) is 111 cm³/mol. The van der Waals surface area contributed by atoms with Gasteiger partial charge < -0.3 is 19.4 Å². The molecule has 0 bridgehead atoms. The summed E-state index contributed by atoms with van der Waals surface area (Å²) in [4.78, 5) is 30.9. The normalized spacial score (nSPS) is 14.4. The first-order valence-electron chi connectivity index (χ1n) is 9.91. The minimum atomic E-state index is -0.120. The lowest BCUT2D eigenvalue weighted by molar-refractivity contribution is -0.121. The molecular formula is C23H23N3O4.